The van der Waals surface area contributed by atoms with Crippen LogP contribution in [-0.4, -0.2) is 17.5 Å². The molecule has 0 aliphatic heterocycles. The lowest BCUT2D eigenvalue weighted by molar-refractivity contribution is -0.385. The molecule has 0 saturated carbocycles. The molecule has 1 aromatic rings. The summed E-state index contributed by atoms with van der Waals surface area (Å²) in [4.78, 5) is 21.5. The zero-order valence-electron chi connectivity index (χ0n) is 8.82. The first-order valence-corrected chi connectivity index (χ1v) is 4.96. The molecular weight excluding hydrogens is 234 g/mol. The number of aryl methyl sites for hydroxylation is 1. The first-order valence-electron chi connectivity index (χ1n) is 4.59. The zero-order valence-corrected chi connectivity index (χ0v) is 9.58. The number of halogens is 1. The van der Waals surface area contributed by atoms with E-state index in [2.05, 4.69) is 0 Å². The predicted octanol–water partition coefficient (Wildman–Crippen LogP) is 2.73. The molecule has 0 aliphatic carbocycles. The number of rotatable bonds is 3. The number of benzene rings is 1. The summed E-state index contributed by atoms with van der Waals surface area (Å²) in [5.74, 6) is -0.657. The van der Waals surface area contributed by atoms with E-state index in [1.54, 1.807) is 13.8 Å². The molecule has 0 amide bonds. The summed E-state index contributed by atoms with van der Waals surface area (Å²) >= 11 is 5.81. The number of nitro groups is 1. The second kappa shape index (κ2) is 4.94. The van der Waals surface area contributed by atoms with Gasteiger partial charge >= 0.3 is 5.97 Å². The molecule has 86 valence electrons. The maximum Gasteiger partial charge on any atom is 0.339 e. The topological polar surface area (TPSA) is 69.4 Å². The second-order valence-electron chi connectivity index (χ2n) is 3.10. The molecule has 0 radical (unpaired) electrons. The molecule has 5 nitrogen and oxygen atoms in total. The van der Waals surface area contributed by atoms with Crippen LogP contribution in [-0.2, 0) is 4.74 Å². The van der Waals surface area contributed by atoms with Gasteiger partial charge in [0.1, 0.15) is 0 Å². The molecule has 0 N–H and O–H groups in total. The molecular formula is C10H10ClNO4. The van der Waals surface area contributed by atoms with E-state index in [1.807, 2.05) is 0 Å². The number of hydrogen-bond acceptors (Lipinski definition) is 4. The Morgan fingerprint density at radius 3 is 2.69 bits per heavy atom. The van der Waals surface area contributed by atoms with Gasteiger partial charge in [-0.15, -0.1) is 0 Å². The van der Waals surface area contributed by atoms with E-state index in [0.29, 0.717) is 5.56 Å². The van der Waals surface area contributed by atoms with Crippen LogP contribution >= 0.6 is 11.6 Å². The van der Waals surface area contributed by atoms with Gasteiger partial charge in [-0.25, -0.2) is 4.79 Å². The third-order valence-corrected chi connectivity index (χ3v) is 2.29. The van der Waals surface area contributed by atoms with Crippen LogP contribution in [0.5, 0.6) is 0 Å². The highest BCUT2D eigenvalue weighted by Gasteiger charge is 2.19. The van der Waals surface area contributed by atoms with Gasteiger partial charge in [0.05, 0.1) is 22.1 Å². The first-order chi connectivity index (χ1) is 7.47. The Bertz CT molecular complexity index is 445. The minimum absolute atomic E-state index is 0.0146. The number of carbonyl (C=O) groups excluding carboxylic acids is 1. The molecule has 1 aromatic carbocycles. The van der Waals surface area contributed by atoms with E-state index < -0.39 is 10.9 Å². The van der Waals surface area contributed by atoms with Crippen molar-refractivity contribution < 1.29 is 14.5 Å². The number of nitro benzene ring substituents is 1. The average Bonchev–Trinajstić information content (AvgIpc) is 2.17. The van der Waals surface area contributed by atoms with Crippen molar-refractivity contribution in [2.45, 2.75) is 13.8 Å². The third-order valence-electron chi connectivity index (χ3n) is 1.98. The normalized spacial score (nSPS) is 9.94. The Morgan fingerprint density at radius 1 is 1.56 bits per heavy atom. The number of nitrogens with zero attached hydrogens (tertiary/aromatic N) is 1. The van der Waals surface area contributed by atoms with Crippen LogP contribution < -0.4 is 0 Å². The van der Waals surface area contributed by atoms with Crippen LogP contribution in [0.2, 0.25) is 5.02 Å². The van der Waals surface area contributed by atoms with Crippen LogP contribution in [0.15, 0.2) is 12.1 Å². The maximum atomic E-state index is 11.4. The lowest BCUT2D eigenvalue weighted by atomic mass is 10.1. The molecule has 0 spiro atoms. The predicted molar refractivity (Wildman–Crippen MR) is 58.8 cm³/mol. The van der Waals surface area contributed by atoms with Crippen molar-refractivity contribution in [3.05, 3.63) is 38.4 Å². The molecule has 1 rings (SSSR count). The highest BCUT2D eigenvalue weighted by molar-refractivity contribution is 6.33. The number of hydrogen-bond donors (Lipinski definition) is 0. The van der Waals surface area contributed by atoms with Crippen LogP contribution in [0.25, 0.3) is 0 Å². The lowest BCUT2D eigenvalue weighted by Gasteiger charge is -2.05. The van der Waals surface area contributed by atoms with E-state index in [0.717, 1.165) is 6.07 Å². The van der Waals surface area contributed by atoms with Crippen molar-refractivity contribution in [3.63, 3.8) is 0 Å². The molecule has 0 saturated heterocycles. The highest BCUT2D eigenvalue weighted by atomic mass is 35.5. The van der Waals surface area contributed by atoms with E-state index in [1.165, 1.54) is 6.07 Å². The summed E-state index contributed by atoms with van der Waals surface area (Å²) in [6.45, 7) is 3.39. The monoisotopic (exact) mass is 243 g/mol. The van der Waals surface area contributed by atoms with Crippen LogP contribution in [0, 0.1) is 17.0 Å². The third kappa shape index (κ3) is 2.49. The molecule has 6 heteroatoms. The molecule has 16 heavy (non-hydrogen) atoms. The smallest absolute Gasteiger partial charge is 0.339 e. The molecule has 0 fully saturated rings. The Balaban J connectivity index is 3.24. The van der Waals surface area contributed by atoms with Crippen molar-refractivity contribution in [1.82, 2.24) is 0 Å². The number of ether oxygens (including phenoxy) is 1. The standard InChI is InChI=1S/C10H10ClNO4/c1-3-16-10(13)7-5-9(12(14)15)6(2)4-8(7)11/h4-5H,3H2,1-2H3. The fraction of sp³-hybridized carbons (Fsp3) is 0.300. The lowest BCUT2D eigenvalue weighted by Crippen LogP contribution is -2.06. The first kappa shape index (κ1) is 12.4. The van der Waals surface area contributed by atoms with Gasteiger partial charge in [-0.3, -0.25) is 10.1 Å². The number of carbonyl (C=O) groups is 1. The fourth-order valence-electron chi connectivity index (χ4n) is 1.22. The van der Waals surface area contributed by atoms with Crippen LogP contribution in [0.1, 0.15) is 22.8 Å². The van der Waals surface area contributed by atoms with Gasteiger partial charge in [0.2, 0.25) is 0 Å². The number of esters is 1. The van der Waals surface area contributed by atoms with Crippen molar-refractivity contribution >= 4 is 23.3 Å². The average molecular weight is 244 g/mol. The summed E-state index contributed by atoms with van der Waals surface area (Å²) in [5, 5.41) is 10.8. The summed E-state index contributed by atoms with van der Waals surface area (Å²) in [6, 6.07) is 2.52. The van der Waals surface area contributed by atoms with E-state index >= 15 is 0 Å². The van der Waals surface area contributed by atoms with E-state index in [9.17, 15) is 14.9 Å². The fourth-order valence-corrected chi connectivity index (χ4v) is 1.52. The SMILES string of the molecule is CCOC(=O)c1cc([N+](=O)[O-])c(C)cc1Cl. The second-order valence-corrected chi connectivity index (χ2v) is 3.50. The molecule has 0 atom stereocenters. The Morgan fingerprint density at radius 2 is 2.19 bits per heavy atom. The van der Waals surface area contributed by atoms with Gasteiger partial charge in [0.25, 0.3) is 5.69 Å². The molecule has 0 bridgehead atoms. The molecule has 0 unspecified atom stereocenters. The summed E-state index contributed by atoms with van der Waals surface area (Å²) in [6.07, 6.45) is 0. The Kier molecular flexibility index (Phi) is 3.84. The quantitative estimate of drug-likeness (QED) is 0.465. The van der Waals surface area contributed by atoms with Crippen molar-refractivity contribution in [2.75, 3.05) is 6.61 Å². The Hall–Kier alpha value is -1.62. The minimum Gasteiger partial charge on any atom is -0.462 e. The highest BCUT2D eigenvalue weighted by Crippen LogP contribution is 2.26. The largest absolute Gasteiger partial charge is 0.462 e. The van der Waals surface area contributed by atoms with Gasteiger partial charge in [-0.05, 0) is 19.9 Å². The van der Waals surface area contributed by atoms with Gasteiger partial charge in [0, 0.05) is 11.6 Å². The summed E-state index contributed by atoms with van der Waals surface area (Å²) < 4.78 is 4.74. The maximum absolute atomic E-state index is 11.4. The van der Waals surface area contributed by atoms with Crippen molar-refractivity contribution in [3.8, 4) is 0 Å². The van der Waals surface area contributed by atoms with Gasteiger partial charge < -0.3 is 4.74 Å². The minimum atomic E-state index is -0.657. The Labute approximate surface area is 97.1 Å². The van der Waals surface area contributed by atoms with Crippen molar-refractivity contribution in [1.29, 1.82) is 0 Å². The molecule has 0 aromatic heterocycles. The molecule has 0 aliphatic rings. The summed E-state index contributed by atoms with van der Waals surface area (Å²) in [7, 11) is 0. The van der Waals surface area contributed by atoms with Crippen LogP contribution in [0.3, 0.4) is 0 Å². The zero-order chi connectivity index (χ0) is 12.3. The van der Waals surface area contributed by atoms with Crippen LogP contribution in [0.4, 0.5) is 5.69 Å². The van der Waals surface area contributed by atoms with E-state index in [4.69, 9.17) is 16.3 Å². The van der Waals surface area contributed by atoms with Gasteiger partial charge in [0.15, 0.2) is 0 Å². The molecule has 0 heterocycles. The van der Waals surface area contributed by atoms with Gasteiger partial charge in [-0.1, -0.05) is 11.6 Å². The van der Waals surface area contributed by atoms with Gasteiger partial charge in [-0.2, -0.15) is 0 Å². The van der Waals surface area contributed by atoms with E-state index in [-0.39, 0.29) is 22.9 Å². The summed E-state index contributed by atoms with van der Waals surface area (Å²) in [5.41, 5.74) is 0.274. The van der Waals surface area contributed by atoms with Crippen molar-refractivity contribution in [2.24, 2.45) is 0 Å².